The van der Waals surface area contributed by atoms with E-state index in [0.29, 0.717) is 6.04 Å². The van der Waals surface area contributed by atoms with Crippen molar-refractivity contribution in [2.45, 2.75) is 45.6 Å². The highest BCUT2D eigenvalue weighted by Crippen LogP contribution is 2.33. The molecule has 3 nitrogen and oxygen atoms in total. The number of hydrogen-bond donors (Lipinski definition) is 1. The molecular formula is C18H25N3. The predicted molar refractivity (Wildman–Crippen MR) is 91.2 cm³/mol. The Morgan fingerprint density at radius 1 is 1.14 bits per heavy atom. The molecule has 0 atom stereocenters. The summed E-state index contributed by atoms with van der Waals surface area (Å²) >= 11 is 0. The number of nitrogens with one attached hydrogen (secondary N) is 1. The molecule has 3 heteroatoms. The maximum atomic E-state index is 4.67. The van der Waals surface area contributed by atoms with E-state index in [-0.39, 0.29) is 0 Å². The van der Waals surface area contributed by atoms with E-state index in [1.165, 1.54) is 42.1 Å². The minimum Gasteiger partial charge on any atom is -0.382 e. The van der Waals surface area contributed by atoms with Crippen molar-refractivity contribution in [3.8, 4) is 0 Å². The van der Waals surface area contributed by atoms with Gasteiger partial charge in [0.15, 0.2) is 0 Å². The van der Waals surface area contributed by atoms with Crippen LogP contribution in [0.1, 0.15) is 39.5 Å². The lowest BCUT2D eigenvalue weighted by Gasteiger charge is -2.24. The van der Waals surface area contributed by atoms with Crippen molar-refractivity contribution < 1.29 is 0 Å². The van der Waals surface area contributed by atoms with Crippen molar-refractivity contribution in [2.75, 3.05) is 23.3 Å². The molecule has 1 saturated carbocycles. The largest absolute Gasteiger partial charge is 0.382 e. The molecule has 0 radical (unpaired) electrons. The Labute approximate surface area is 127 Å². The number of fused-ring (bicyclic) bond motifs is 1. The summed E-state index contributed by atoms with van der Waals surface area (Å²) in [6.07, 6.45) is 7.21. The normalized spacial score (nSPS) is 15.5. The van der Waals surface area contributed by atoms with Crippen LogP contribution in [0.2, 0.25) is 0 Å². The molecule has 0 unspecified atom stereocenters. The van der Waals surface area contributed by atoms with Crippen LogP contribution in [-0.4, -0.2) is 24.1 Å². The van der Waals surface area contributed by atoms with Crippen molar-refractivity contribution in [2.24, 2.45) is 0 Å². The highest BCUT2D eigenvalue weighted by Gasteiger charge is 2.17. The van der Waals surface area contributed by atoms with Crippen LogP contribution < -0.4 is 10.2 Å². The Morgan fingerprint density at radius 3 is 2.62 bits per heavy atom. The maximum absolute atomic E-state index is 4.67. The molecule has 21 heavy (non-hydrogen) atoms. The Hall–Kier alpha value is -1.77. The fourth-order valence-electron chi connectivity index (χ4n) is 3.38. The minimum atomic E-state index is 0.625. The first-order valence-corrected chi connectivity index (χ1v) is 8.22. The van der Waals surface area contributed by atoms with Crippen LogP contribution in [0, 0.1) is 0 Å². The van der Waals surface area contributed by atoms with Gasteiger partial charge in [0.1, 0.15) is 5.82 Å². The second-order valence-electron chi connectivity index (χ2n) is 5.84. The summed E-state index contributed by atoms with van der Waals surface area (Å²) in [5.41, 5.74) is 1.24. The molecule has 0 spiro atoms. The summed E-state index contributed by atoms with van der Waals surface area (Å²) in [5.74, 6) is 1.11. The summed E-state index contributed by atoms with van der Waals surface area (Å²) in [4.78, 5) is 7.01. The minimum absolute atomic E-state index is 0.625. The zero-order valence-corrected chi connectivity index (χ0v) is 13.1. The van der Waals surface area contributed by atoms with Crippen LogP contribution in [-0.2, 0) is 0 Å². The second-order valence-corrected chi connectivity index (χ2v) is 5.84. The highest BCUT2D eigenvalue weighted by atomic mass is 15.2. The average molecular weight is 283 g/mol. The molecule has 0 bridgehead atoms. The van der Waals surface area contributed by atoms with Gasteiger partial charge < -0.3 is 10.2 Å². The van der Waals surface area contributed by atoms with Crippen LogP contribution in [0.15, 0.2) is 30.5 Å². The topological polar surface area (TPSA) is 28.2 Å². The molecule has 1 aromatic carbocycles. The van der Waals surface area contributed by atoms with Gasteiger partial charge in [0.05, 0.1) is 0 Å². The third-order valence-corrected chi connectivity index (χ3v) is 4.55. The van der Waals surface area contributed by atoms with Crippen molar-refractivity contribution in [1.82, 2.24) is 4.98 Å². The molecule has 0 amide bonds. The van der Waals surface area contributed by atoms with Gasteiger partial charge in [-0.2, -0.15) is 0 Å². The Balaban J connectivity index is 2.06. The molecule has 1 N–H and O–H groups in total. The molecule has 1 heterocycles. The molecular weight excluding hydrogens is 258 g/mol. The fourth-order valence-corrected chi connectivity index (χ4v) is 3.38. The molecule has 1 fully saturated rings. The Morgan fingerprint density at radius 2 is 1.90 bits per heavy atom. The molecule has 0 saturated heterocycles. The monoisotopic (exact) mass is 283 g/mol. The van der Waals surface area contributed by atoms with Crippen molar-refractivity contribution in [3.05, 3.63) is 30.5 Å². The lowest BCUT2D eigenvalue weighted by molar-refractivity contribution is 0.756. The first-order valence-electron chi connectivity index (χ1n) is 8.22. The molecule has 1 aromatic heterocycles. The van der Waals surface area contributed by atoms with Gasteiger partial charge in [-0.25, -0.2) is 4.98 Å². The van der Waals surface area contributed by atoms with Gasteiger partial charge in [-0.05, 0) is 44.2 Å². The third kappa shape index (κ3) is 2.82. The number of aromatic nitrogens is 1. The molecule has 2 aromatic rings. The summed E-state index contributed by atoms with van der Waals surface area (Å²) < 4.78 is 0. The second kappa shape index (κ2) is 6.33. The number of hydrogen-bond acceptors (Lipinski definition) is 3. The van der Waals surface area contributed by atoms with E-state index in [1.54, 1.807) is 0 Å². The van der Waals surface area contributed by atoms with Gasteiger partial charge in [0.2, 0.25) is 0 Å². The summed E-state index contributed by atoms with van der Waals surface area (Å²) in [5, 5.41) is 6.31. The Bertz CT molecular complexity index is 593. The number of rotatable bonds is 5. The molecule has 112 valence electrons. The SMILES string of the molecule is CCN(CC)c1nccc2cccc(NC3CCCC3)c12. The number of pyridine rings is 1. The van der Waals surface area contributed by atoms with Gasteiger partial charge in [-0.1, -0.05) is 25.0 Å². The van der Waals surface area contributed by atoms with Gasteiger partial charge in [0, 0.05) is 36.4 Å². The van der Waals surface area contributed by atoms with Crippen LogP contribution in [0.25, 0.3) is 10.8 Å². The number of anilines is 2. The quantitative estimate of drug-likeness (QED) is 0.879. The first-order chi connectivity index (χ1) is 10.3. The zero-order chi connectivity index (χ0) is 14.7. The van der Waals surface area contributed by atoms with Crippen LogP contribution in [0.4, 0.5) is 11.5 Å². The lowest BCUT2D eigenvalue weighted by Crippen LogP contribution is -2.23. The lowest BCUT2D eigenvalue weighted by atomic mass is 10.1. The Kier molecular flexibility index (Phi) is 4.28. The predicted octanol–water partition coefficient (Wildman–Crippen LogP) is 4.44. The molecule has 3 rings (SSSR count). The van der Waals surface area contributed by atoms with E-state index in [2.05, 4.69) is 53.3 Å². The van der Waals surface area contributed by atoms with E-state index < -0.39 is 0 Å². The first kappa shape index (κ1) is 14.2. The van der Waals surface area contributed by atoms with E-state index in [1.807, 2.05) is 6.20 Å². The number of benzene rings is 1. The average Bonchev–Trinajstić information content (AvgIpc) is 3.02. The zero-order valence-electron chi connectivity index (χ0n) is 13.1. The van der Waals surface area contributed by atoms with Gasteiger partial charge >= 0.3 is 0 Å². The summed E-state index contributed by atoms with van der Waals surface area (Å²) in [6.45, 7) is 6.36. The maximum Gasteiger partial charge on any atom is 0.138 e. The standard InChI is InChI=1S/C18H25N3/c1-3-21(4-2)18-17-14(12-13-19-18)8-7-11-16(17)20-15-9-5-6-10-15/h7-8,11-13,15,20H,3-6,9-10H2,1-2H3. The van der Waals surface area contributed by atoms with Gasteiger partial charge in [-0.3, -0.25) is 0 Å². The summed E-state index contributed by atoms with van der Waals surface area (Å²) in [7, 11) is 0. The number of nitrogens with zero attached hydrogens (tertiary/aromatic N) is 2. The van der Waals surface area contributed by atoms with Crippen molar-refractivity contribution in [3.63, 3.8) is 0 Å². The molecule has 1 aliphatic rings. The highest BCUT2D eigenvalue weighted by molar-refractivity contribution is 6.01. The van der Waals surface area contributed by atoms with E-state index in [9.17, 15) is 0 Å². The van der Waals surface area contributed by atoms with Crippen LogP contribution >= 0.6 is 0 Å². The van der Waals surface area contributed by atoms with Crippen LogP contribution in [0.3, 0.4) is 0 Å². The van der Waals surface area contributed by atoms with Crippen LogP contribution in [0.5, 0.6) is 0 Å². The molecule has 1 aliphatic carbocycles. The van der Waals surface area contributed by atoms with Crippen molar-refractivity contribution >= 4 is 22.3 Å². The third-order valence-electron chi connectivity index (χ3n) is 4.55. The smallest absolute Gasteiger partial charge is 0.138 e. The van der Waals surface area contributed by atoms with Crippen molar-refractivity contribution in [1.29, 1.82) is 0 Å². The van der Waals surface area contributed by atoms with E-state index in [0.717, 1.165) is 18.9 Å². The van der Waals surface area contributed by atoms with Gasteiger partial charge in [-0.15, -0.1) is 0 Å². The van der Waals surface area contributed by atoms with Gasteiger partial charge in [0.25, 0.3) is 0 Å². The summed E-state index contributed by atoms with van der Waals surface area (Å²) in [6, 6.07) is 9.27. The van der Waals surface area contributed by atoms with E-state index >= 15 is 0 Å². The molecule has 0 aliphatic heterocycles. The fraction of sp³-hybridized carbons (Fsp3) is 0.500. The van der Waals surface area contributed by atoms with E-state index in [4.69, 9.17) is 0 Å².